The first-order valence-electron chi connectivity index (χ1n) is 12.0. The van der Waals surface area contributed by atoms with Crippen molar-refractivity contribution in [2.75, 3.05) is 31.5 Å². The van der Waals surface area contributed by atoms with Crippen molar-refractivity contribution in [3.63, 3.8) is 0 Å². The summed E-state index contributed by atoms with van der Waals surface area (Å²) in [5.74, 6) is -1.29. The van der Waals surface area contributed by atoms with E-state index in [1.54, 1.807) is 34.5 Å². The Morgan fingerprint density at radius 1 is 1.00 bits per heavy atom. The van der Waals surface area contributed by atoms with Crippen molar-refractivity contribution in [2.45, 2.75) is 32.9 Å². The molecule has 0 bridgehead atoms. The summed E-state index contributed by atoms with van der Waals surface area (Å²) in [7, 11) is 0. The van der Waals surface area contributed by atoms with E-state index in [0.717, 1.165) is 42.1 Å². The van der Waals surface area contributed by atoms with E-state index in [-0.39, 0.29) is 17.0 Å². The van der Waals surface area contributed by atoms with Crippen LogP contribution in [0.5, 0.6) is 0 Å². The number of nitrogens with one attached hydrogen (secondary N) is 1. The maximum atomic E-state index is 12.7. The van der Waals surface area contributed by atoms with E-state index >= 15 is 0 Å². The maximum Gasteiger partial charge on any atom is 0.410 e. The van der Waals surface area contributed by atoms with Crippen molar-refractivity contribution >= 4 is 35.0 Å². The third-order valence-electron chi connectivity index (χ3n) is 5.77. The first kappa shape index (κ1) is 26.3. The van der Waals surface area contributed by atoms with Gasteiger partial charge in [0.05, 0.1) is 5.69 Å². The van der Waals surface area contributed by atoms with Gasteiger partial charge in [0.2, 0.25) is 5.01 Å². The van der Waals surface area contributed by atoms with Crippen molar-refractivity contribution in [2.24, 2.45) is 0 Å². The number of nitrogens with zero attached hydrogens (tertiary/aromatic N) is 3. The zero-order chi connectivity index (χ0) is 26.6. The SMILES string of the molecule is CC(C)(C)OC(=O)N1CCN(Cc2ccc(NC(=O)c3ccc(-c4csc(C(=O)O)n4)cc3)cc2)CC1. The van der Waals surface area contributed by atoms with Gasteiger partial charge in [0.25, 0.3) is 5.91 Å². The summed E-state index contributed by atoms with van der Waals surface area (Å²) in [5.41, 5.74) is 3.12. The summed E-state index contributed by atoms with van der Waals surface area (Å²) in [6.07, 6.45) is -0.266. The van der Waals surface area contributed by atoms with Gasteiger partial charge < -0.3 is 20.1 Å². The predicted molar refractivity (Wildman–Crippen MR) is 142 cm³/mol. The molecular formula is C27H30N4O5S. The van der Waals surface area contributed by atoms with Crippen LogP contribution in [0, 0.1) is 0 Å². The molecule has 0 radical (unpaired) electrons. The standard InChI is InChI=1S/C27H30N4O5S/c1-27(2,3)36-26(35)31-14-12-30(13-15-31)16-18-4-10-21(11-5-18)28-23(32)20-8-6-19(7-9-20)22-17-37-24(29-22)25(33)34/h4-11,17H,12-16H2,1-3H3,(H,28,32)(H,33,34). The Bertz CT molecular complexity index is 1260. The van der Waals surface area contributed by atoms with E-state index in [1.807, 2.05) is 45.0 Å². The van der Waals surface area contributed by atoms with Gasteiger partial charge in [-0.1, -0.05) is 24.3 Å². The number of rotatable bonds is 6. The Morgan fingerprint density at radius 3 is 2.22 bits per heavy atom. The van der Waals surface area contributed by atoms with E-state index in [0.29, 0.717) is 30.0 Å². The number of anilines is 1. The summed E-state index contributed by atoms with van der Waals surface area (Å²) in [6, 6.07) is 14.6. The second kappa shape index (κ2) is 11.1. The minimum absolute atomic E-state index is 0.0309. The topological polar surface area (TPSA) is 112 Å². The van der Waals surface area contributed by atoms with E-state index in [9.17, 15) is 14.4 Å². The molecule has 0 unspecified atom stereocenters. The number of benzene rings is 2. The molecule has 2 amide bonds. The highest BCUT2D eigenvalue weighted by molar-refractivity contribution is 7.11. The molecular weight excluding hydrogens is 492 g/mol. The van der Waals surface area contributed by atoms with Crippen molar-refractivity contribution in [3.8, 4) is 11.3 Å². The van der Waals surface area contributed by atoms with Crippen molar-refractivity contribution in [1.82, 2.24) is 14.8 Å². The summed E-state index contributed by atoms with van der Waals surface area (Å²) < 4.78 is 5.45. The molecule has 37 heavy (non-hydrogen) atoms. The van der Waals surface area contributed by atoms with Crippen LogP contribution in [0.4, 0.5) is 10.5 Å². The number of amides is 2. The minimum Gasteiger partial charge on any atom is -0.476 e. The molecule has 9 nitrogen and oxygen atoms in total. The first-order chi connectivity index (χ1) is 17.6. The van der Waals surface area contributed by atoms with Crippen LogP contribution in [-0.4, -0.2) is 69.6 Å². The molecule has 1 fully saturated rings. The monoisotopic (exact) mass is 522 g/mol. The van der Waals surface area contributed by atoms with Crippen LogP contribution in [0.15, 0.2) is 53.9 Å². The van der Waals surface area contributed by atoms with E-state index in [1.165, 1.54) is 0 Å². The molecule has 1 aliphatic rings. The number of carboxylic acids is 1. The molecule has 1 aliphatic heterocycles. The molecule has 194 valence electrons. The quantitative estimate of drug-likeness (QED) is 0.478. The van der Waals surface area contributed by atoms with Crippen LogP contribution in [0.1, 0.15) is 46.5 Å². The molecule has 3 aromatic rings. The van der Waals surface area contributed by atoms with Crippen molar-refractivity contribution in [1.29, 1.82) is 0 Å². The molecule has 0 aliphatic carbocycles. The van der Waals surface area contributed by atoms with E-state index < -0.39 is 11.6 Å². The van der Waals surface area contributed by atoms with Gasteiger partial charge in [0, 0.05) is 54.9 Å². The lowest BCUT2D eigenvalue weighted by molar-refractivity contribution is 0.0139. The fourth-order valence-electron chi connectivity index (χ4n) is 3.87. The van der Waals surface area contributed by atoms with Crippen molar-refractivity contribution < 1.29 is 24.2 Å². The molecule has 0 spiro atoms. The average molecular weight is 523 g/mol. The molecule has 2 heterocycles. The summed E-state index contributed by atoms with van der Waals surface area (Å²) in [4.78, 5) is 44.1. The third kappa shape index (κ3) is 7.14. The van der Waals surface area contributed by atoms with E-state index in [2.05, 4.69) is 15.2 Å². The van der Waals surface area contributed by atoms with Gasteiger partial charge >= 0.3 is 12.1 Å². The normalized spacial score (nSPS) is 14.3. The highest BCUT2D eigenvalue weighted by atomic mass is 32.1. The second-order valence-corrected chi connectivity index (χ2v) is 10.7. The smallest absolute Gasteiger partial charge is 0.410 e. The second-order valence-electron chi connectivity index (χ2n) is 9.81. The Kier molecular flexibility index (Phi) is 7.89. The van der Waals surface area contributed by atoms with Crippen molar-refractivity contribution in [3.05, 3.63) is 70.0 Å². The number of aromatic carboxylic acids is 1. The fraction of sp³-hybridized carbons (Fsp3) is 0.333. The number of carbonyl (C=O) groups excluding carboxylic acids is 2. The van der Waals surface area contributed by atoms with Gasteiger partial charge in [0.1, 0.15) is 5.60 Å². The highest BCUT2D eigenvalue weighted by Gasteiger charge is 2.25. The van der Waals surface area contributed by atoms with Crippen LogP contribution in [0.25, 0.3) is 11.3 Å². The maximum absolute atomic E-state index is 12.7. The summed E-state index contributed by atoms with van der Waals surface area (Å²) in [6.45, 7) is 9.16. The molecule has 10 heteroatoms. The number of hydrogen-bond acceptors (Lipinski definition) is 7. The predicted octanol–water partition coefficient (Wildman–Crippen LogP) is 4.81. The van der Waals surface area contributed by atoms with Crippen LogP contribution < -0.4 is 5.32 Å². The zero-order valence-electron chi connectivity index (χ0n) is 21.1. The summed E-state index contributed by atoms with van der Waals surface area (Å²) in [5, 5.41) is 13.7. The zero-order valence-corrected chi connectivity index (χ0v) is 21.9. The third-order valence-corrected chi connectivity index (χ3v) is 6.60. The Morgan fingerprint density at radius 2 is 1.65 bits per heavy atom. The first-order valence-corrected chi connectivity index (χ1v) is 12.9. The number of hydrogen-bond donors (Lipinski definition) is 2. The lowest BCUT2D eigenvalue weighted by atomic mass is 10.1. The van der Waals surface area contributed by atoms with Gasteiger partial charge in [-0.3, -0.25) is 9.69 Å². The molecule has 1 saturated heterocycles. The molecule has 0 atom stereocenters. The number of aromatic nitrogens is 1. The number of carboxylic acid groups (broad SMARTS) is 1. The lowest BCUT2D eigenvalue weighted by Gasteiger charge is -2.35. The van der Waals surface area contributed by atoms with Gasteiger partial charge in [-0.05, 0) is 50.6 Å². The molecule has 2 N–H and O–H groups in total. The van der Waals surface area contributed by atoms with Crippen LogP contribution in [-0.2, 0) is 11.3 Å². The Hall–Kier alpha value is -3.76. The Labute approximate surface area is 219 Å². The highest BCUT2D eigenvalue weighted by Crippen LogP contribution is 2.23. The fourth-order valence-corrected chi connectivity index (χ4v) is 4.53. The molecule has 0 saturated carbocycles. The average Bonchev–Trinajstić information content (AvgIpc) is 3.36. The minimum atomic E-state index is -1.06. The van der Waals surface area contributed by atoms with Gasteiger partial charge in [-0.25, -0.2) is 14.6 Å². The number of piperazine rings is 1. The van der Waals surface area contributed by atoms with E-state index in [4.69, 9.17) is 9.84 Å². The Balaban J connectivity index is 1.27. The number of thiazole rings is 1. The lowest BCUT2D eigenvalue weighted by Crippen LogP contribution is -2.49. The van der Waals surface area contributed by atoms with Gasteiger partial charge in [-0.2, -0.15) is 0 Å². The van der Waals surface area contributed by atoms with Crippen LogP contribution in [0.2, 0.25) is 0 Å². The van der Waals surface area contributed by atoms with Gasteiger partial charge in [-0.15, -0.1) is 11.3 Å². The molecule has 1 aromatic heterocycles. The summed E-state index contributed by atoms with van der Waals surface area (Å²) >= 11 is 1.07. The molecule has 4 rings (SSSR count). The number of carbonyl (C=O) groups is 3. The largest absolute Gasteiger partial charge is 0.476 e. The van der Waals surface area contributed by atoms with Crippen LogP contribution in [0.3, 0.4) is 0 Å². The van der Waals surface area contributed by atoms with Crippen LogP contribution >= 0.6 is 11.3 Å². The van der Waals surface area contributed by atoms with Gasteiger partial charge in [0.15, 0.2) is 0 Å². The molecule has 2 aromatic carbocycles. The number of ether oxygens (including phenoxy) is 1.